The SMILES string of the molecule is Cc1cccc(CCCNC(=O)/C=C/c2ccccc2)c1. The fourth-order valence-electron chi connectivity index (χ4n) is 2.17. The Morgan fingerprint density at radius 1 is 1.10 bits per heavy atom. The summed E-state index contributed by atoms with van der Waals surface area (Å²) in [6.45, 7) is 2.80. The maximum Gasteiger partial charge on any atom is 0.243 e. The number of carbonyl (C=O) groups is 1. The first kappa shape index (κ1) is 15.0. The molecule has 2 aromatic carbocycles. The van der Waals surface area contributed by atoms with Crippen molar-refractivity contribution in [3.8, 4) is 0 Å². The van der Waals surface area contributed by atoms with Crippen LogP contribution in [0.1, 0.15) is 23.1 Å². The molecule has 21 heavy (non-hydrogen) atoms. The predicted octanol–water partition coefficient (Wildman–Crippen LogP) is 3.76. The topological polar surface area (TPSA) is 29.1 Å². The Morgan fingerprint density at radius 3 is 2.67 bits per heavy atom. The van der Waals surface area contributed by atoms with Gasteiger partial charge in [0, 0.05) is 12.6 Å². The minimum atomic E-state index is -0.0388. The van der Waals surface area contributed by atoms with E-state index in [9.17, 15) is 4.79 Å². The van der Waals surface area contributed by atoms with Crippen LogP contribution in [0.15, 0.2) is 60.7 Å². The Labute approximate surface area is 126 Å². The average molecular weight is 279 g/mol. The number of rotatable bonds is 6. The second-order valence-corrected chi connectivity index (χ2v) is 5.13. The van der Waals surface area contributed by atoms with Crippen LogP contribution in [-0.2, 0) is 11.2 Å². The van der Waals surface area contributed by atoms with E-state index in [1.54, 1.807) is 6.08 Å². The zero-order valence-electron chi connectivity index (χ0n) is 12.4. The highest BCUT2D eigenvalue weighted by molar-refractivity contribution is 5.91. The van der Waals surface area contributed by atoms with E-state index in [2.05, 4.69) is 36.5 Å². The van der Waals surface area contributed by atoms with E-state index in [1.165, 1.54) is 11.1 Å². The molecule has 0 radical (unpaired) electrons. The lowest BCUT2D eigenvalue weighted by Gasteiger charge is -2.04. The van der Waals surface area contributed by atoms with Crippen LogP contribution in [0.2, 0.25) is 0 Å². The molecule has 108 valence electrons. The van der Waals surface area contributed by atoms with Crippen LogP contribution >= 0.6 is 0 Å². The number of nitrogens with one attached hydrogen (secondary N) is 1. The Hall–Kier alpha value is -2.35. The van der Waals surface area contributed by atoms with Gasteiger partial charge in [0.1, 0.15) is 0 Å². The summed E-state index contributed by atoms with van der Waals surface area (Å²) >= 11 is 0. The van der Waals surface area contributed by atoms with Crippen LogP contribution in [0, 0.1) is 6.92 Å². The maximum absolute atomic E-state index is 11.7. The summed E-state index contributed by atoms with van der Waals surface area (Å²) in [6, 6.07) is 18.3. The van der Waals surface area contributed by atoms with Gasteiger partial charge in [0.25, 0.3) is 0 Å². The molecule has 0 aliphatic heterocycles. The summed E-state index contributed by atoms with van der Waals surface area (Å²) in [5.74, 6) is -0.0388. The number of amides is 1. The lowest BCUT2D eigenvalue weighted by molar-refractivity contribution is -0.116. The highest BCUT2D eigenvalue weighted by Crippen LogP contribution is 2.06. The molecule has 0 spiro atoms. The molecule has 2 rings (SSSR count). The van der Waals surface area contributed by atoms with E-state index >= 15 is 0 Å². The number of hydrogen-bond acceptors (Lipinski definition) is 1. The Morgan fingerprint density at radius 2 is 1.90 bits per heavy atom. The van der Waals surface area contributed by atoms with Crippen LogP contribution in [-0.4, -0.2) is 12.5 Å². The molecule has 0 fully saturated rings. The monoisotopic (exact) mass is 279 g/mol. The highest BCUT2D eigenvalue weighted by Gasteiger charge is 1.97. The standard InChI is InChI=1S/C19H21NO/c1-16-7-5-10-18(15-16)11-6-14-20-19(21)13-12-17-8-3-2-4-9-17/h2-5,7-10,12-13,15H,6,11,14H2,1H3,(H,20,21)/b13-12+. The molecule has 0 heterocycles. The van der Waals surface area contributed by atoms with Crippen molar-refractivity contribution in [2.24, 2.45) is 0 Å². The van der Waals surface area contributed by atoms with Gasteiger partial charge >= 0.3 is 0 Å². The number of hydrogen-bond donors (Lipinski definition) is 1. The van der Waals surface area contributed by atoms with Gasteiger partial charge in [-0.25, -0.2) is 0 Å². The van der Waals surface area contributed by atoms with Crippen molar-refractivity contribution < 1.29 is 4.79 Å². The van der Waals surface area contributed by atoms with Crippen LogP contribution < -0.4 is 5.32 Å². The third-order valence-electron chi connectivity index (χ3n) is 3.25. The minimum absolute atomic E-state index is 0.0388. The summed E-state index contributed by atoms with van der Waals surface area (Å²) in [7, 11) is 0. The lowest BCUT2D eigenvalue weighted by atomic mass is 10.1. The van der Waals surface area contributed by atoms with Crippen molar-refractivity contribution in [1.82, 2.24) is 5.32 Å². The average Bonchev–Trinajstić information content (AvgIpc) is 2.51. The first-order valence-electron chi connectivity index (χ1n) is 7.30. The normalized spacial score (nSPS) is 10.7. The molecular weight excluding hydrogens is 258 g/mol. The van der Waals surface area contributed by atoms with Crippen LogP contribution in [0.5, 0.6) is 0 Å². The molecular formula is C19H21NO. The minimum Gasteiger partial charge on any atom is -0.353 e. The number of aryl methyl sites for hydroxylation is 2. The summed E-state index contributed by atoms with van der Waals surface area (Å²) < 4.78 is 0. The van der Waals surface area contributed by atoms with Gasteiger partial charge in [0.05, 0.1) is 0 Å². The van der Waals surface area contributed by atoms with E-state index in [1.807, 2.05) is 36.4 Å². The fourth-order valence-corrected chi connectivity index (χ4v) is 2.17. The molecule has 0 aromatic heterocycles. The molecule has 1 amide bonds. The molecule has 0 unspecified atom stereocenters. The first-order chi connectivity index (χ1) is 10.2. The summed E-state index contributed by atoms with van der Waals surface area (Å²) in [5.41, 5.74) is 3.64. The largest absolute Gasteiger partial charge is 0.353 e. The van der Waals surface area contributed by atoms with Crippen molar-refractivity contribution in [1.29, 1.82) is 0 Å². The van der Waals surface area contributed by atoms with Crippen molar-refractivity contribution >= 4 is 12.0 Å². The van der Waals surface area contributed by atoms with E-state index in [0.29, 0.717) is 6.54 Å². The molecule has 0 aliphatic rings. The molecule has 2 heteroatoms. The smallest absolute Gasteiger partial charge is 0.243 e. The number of carbonyl (C=O) groups excluding carboxylic acids is 1. The maximum atomic E-state index is 11.7. The third-order valence-corrected chi connectivity index (χ3v) is 3.25. The molecule has 0 atom stereocenters. The van der Waals surface area contributed by atoms with Crippen molar-refractivity contribution in [3.63, 3.8) is 0 Å². The Bertz CT molecular complexity index is 602. The zero-order chi connectivity index (χ0) is 14.9. The lowest BCUT2D eigenvalue weighted by Crippen LogP contribution is -2.22. The van der Waals surface area contributed by atoms with Crippen molar-refractivity contribution in [3.05, 3.63) is 77.4 Å². The predicted molar refractivity (Wildman–Crippen MR) is 88.0 cm³/mol. The molecule has 0 bridgehead atoms. The molecule has 0 saturated carbocycles. The summed E-state index contributed by atoms with van der Waals surface area (Å²) in [6.07, 6.45) is 5.36. The van der Waals surface area contributed by atoms with Gasteiger partial charge in [0.2, 0.25) is 5.91 Å². The zero-order valence-corrected chi connectivity index (χ0v) is 12.4. The first-order valence-corrected chi connectivity index (χ1v) is 7.30. The highest BCUT2D eigenvalue weighted by atomic mass is 16.1. The second kappa shape index (κ2) is 8.05. The molecule has 0 saturated heterocycles. The van der Waals surface area contributed by atoms with E-state index in [0.717, 1.165) is 18.4 Å². The van der Waals surface area contributed by atoms with Gasteiger partial charge in [-0.15, -0.1) is 0 Å². The van der Waals surface area contributed by atoms with Gasteiger partial charge in [-0.2, -0.15) is 0 Å². The fraction of sp³-hybridized carbons (Fsp3) is 0.211. The molecule has 2 aromatic rings. The van der Waals surface area contributed by atoms with Gasteiger partial charge in [-0.3, -0.25) is 4.79 Å². The van der Waals surface area contributed by atoms with Crippen molar-refractivity contribution in [2.75, 3.05) is 6.54 Å². The Balaban J connectivity index is 1.69. The van der Waals surface area contributed by atoms with Gasteiger partial charge in [-0.1, -0.05) is 60.2 Å². The molecule has 0 aliphatic carbocycles. The van der Waals surface area contributed by atoms with E-state index in [4.69, 9.17) is 0 Å². The van der Waals surface area contributed by atoms with Gasteiger partial charge in [0.15, 0.2) is 0 Å². The number of benzene rings is 2. The van der Waals surface area contributed by atoms with Crippen LogP contribution in [0.4, 0.5) is 0 Å². The van der Waals surface area contributed by atoms with Crippen LogP contribution in [0.25, 0.3) is 6.08 Å². The van der Waals surface area contributed by atoms with Crippen LogP contribution in [0.3, 0.4) is 0 Å². The third kappa shape index (κ3) is 5.65. The molecule has 2 nitrogen and oxygen atoms in total. The van der Waals surface area contributed by atoms with E-state index in [-0.39, 0.29) is 5.91 Å². The molecule has 1 N–H and O–H groups in total. The van der Waals surface area contributed by atoms with E-state index < -0.39 is 0 Å². The second-order valence-electron chi connectivity index (χ2n) is 5.13. The Kier molecular flexibility index (Phi) is 5.77. The quantitative estimate of drug-likeness (QED) is 0.633. The van der Waals surface area contributed by atoms with Crippen molar-refractivity contribution in [2.45, 2.75) is 19.8 Å². The van der Waals surface area contributed by atoms with Gasteiger partial charge < -0.3 is 5.32 Å². The summed E-state index contributed by atoms with van der Waals surface area (Å²) in [5, 5.41) is 2.91. The van der Waals surface area contributed by atoms with Gasteiger partial charge in [-0.05, 0) is 37.0 Å². The summed E-state index contributed by atoms with van der Waals surface area (Å²) in [4.78, 5) is 11.7.